The molecule has 246 valence electrons. The summed E-state index contributed by atoms with van der Waals surface area (Å²) in [6, 6.07) is 7.58. The summed E-state index contributed by atoms with van der Waals surface area (Å²) < 4.78 is 55.8. The van der Waals surface area contributed by atoms with Gasteiger partial charge in [-0.15, -0.1) is 0 Å². The molecule has 0 N–H and O–H groups in total. The summed E-state index contributed by atoms with van der Waals surface area (Å²) in [5.74, 6) is 1.36. The van der Waals surface area contributed by atoms with Crippen molar-refractivity contribution in [3.63, 3.8) is 0 Å². The first-order valence-electron chi connectivity index (χ1n) is 15.8. The van der Waals surface area contributed by atoms with Crippen molar-refractivity contribution in [1.82, 2.24) is 0 Å². The van der Waals surface area contributed by atoms with E-state index in [1.165, 1.54) is 25.7 Å². The van der Waals surface area contributed by atoms with Crippen molar-refractivity contribution in [3.05, 3.63) is 24.3 Å². The van der Waals surface area contributed by atoms with Crippen LogP contribution in [-0.2, 0) is 37.9 Å². The molecule has 0 heterocycles. The summed E-state index contributed by atoms with van der Waals surface area (Å²) in [5.41, 5.74) is 0. The number of para-hydroxylation sites is 2. The maximum Gasteiger partial charge on any atom is 0.161 e. The highest BCUT2D eigenvalue weighted by atomic mass is 16.6. The van der Waals surface area contributed by atoms with Crippen LogP contribution >= 0.6 is 0 Å². The number of benzene rings is 1. The van der Waals surface area contributed by atoms with E-state index >= 15 is 0 Å². The highest BCUT2D eigenvalue weighted by molar-refractivity contribution is 5.39. The minimum absolute atomic E-state index is 0.422. The fraction of sp³-hybridized carbons (Fsp3) is 0.812. The molecule has 0 amide bonds. The third-order valence-corrected chi connectivity index (χ3v) is 5.84. The summed E-state index contributed by atoms with van der Waals surface area (Å²) in [5, 5.41) is 0. The summed E-state index contributed by atoms with van der Waals surface area (Å²) in [4.78, 5) is 0. The van der Waals surface area contributed by atoms with Gasteiger partial charge in [-0.25, -0.2) is 0 Å². The molecule has 0 aliphatic heterocycles. The van der Waals surface area contributed by atoms with Crippen LogP contribution in [0.5, 0.6) is 11.5 Å². The molecule has 0 aliphatic rings. The van der Waals surface area contributed by atoms with Crippen LogP contribution in [0.4, 0.5) is 0 Å². The first kappa shape index (κ1) is 38.5. The summed E-state index contributed by atoms with van der Waals surface area (Å²) in [6.45, 7) is 14.5. The topological polar surface area (TPSA) is 92.3 Å². The lowest BCUT2D eigenvalue weighted by atomic mass is 10.3. The average molecular weight is 603 g/mol. The number of hydrogen-bond donors (Lipinski definition) is 0. The molecule has 0 saturated carbocycles. The maximum absolute atomic E-state index is 5.83. The molecule has 0 saturated heterocycles. The largest absolute Gasteiger partial charge is 0.487 e. The molecular weight excluding hydrogens is 544 g/mol. The molecule has 0 fully saturated rings. The van der Waals surface area contributed by atoms with Crippen LogP contribution in [0, 0.1) is 0 Å². The Bertz CT molecular complexity index is 609. The van der Waals surface area contributed by atoms with Gasteiger partial charge in [-0.2, -0.15) is 0 Å². The van der Waals surface area contributed by atoms with Gasteiger partial charge in [-0.1, -0.05) is 51.7 Å². The number of ether oxygens (including phenoxy) is 10. The number of rotatable bonds is 34. The van der Waals surface area contributed by atoms with Crippen LogP contribution in [0.15, 0.2) is 24.3 Å². The fourth-order valence-corrected chi connectivity index (χ4v) is 3.54. The lowest BCUT2D eigenvalue weighted by molar-refractivity contribution is -0.00567. The molecule has 0 atom stereocenters. The third kappa shape index (κ3) is 26.2. The molecule has 0 radical (unpaired) electrons. The predicted molar refractivity (Wildman–Crippen MR) is 163 cm³/mol. The van der Waals surface area contributed by atoms with Crippen molar-refractivity contribution in [2.75, 3.05) is 119 Å². The molecule has 0 bridgehead atoms. The van der Waals surface area contributed by atoms with Gasteiger partial charge in [0.25, 0.3) is 0 Å². The van der Waals surface area contributed by atoms with E-state index in [2.05, 4.69) is 13.8 Å². The molecule has 0 unspecified atom stereocenters. The molecule has 0 spiro atoms. The molecular formula is C32H58O10. The zero-order chi connectivity index (χ0) is 30.0. The van der Waals surface area contributed by atoms with Crippen LogP contribution in [-0.4, -0.2) is 119 Å². The Labute approximate surface area is 254 Å². The van der Waals surface area contributed by atoms with E-state index in [4.69, 9.17) is 47.4 Å². The number of unbranched alkanes of at least 4 members (excludes halogenated alkanes) is 4. The Morgan fingerprint density at radius 1 is 0.333 bits per heavy atom. The molecule has 1 rings (SSSR count). The van der Waals surface area contributed by atoms with Crippen molar-refractivity contribution in [3.8, 4) is 11.5 Å². The van der Waals surface area contributed by atoms with Crippen LogP contribution in [0.3, 0.4) is 0 Å². The first-order valence-corrected chi connectivity index (χ1v) is 15.8. The van der Waals surface area contributed by atoms with Crippen LogP contribution in [0.2, 0.25) is 0 Å². The van der Waals surface area contributed by atoms with Gasteiger partial charge in [0.1, 0.15) is 13.2 Å². The Morgan fingerprint density at radius 2 is 0.595 bits per heavy atom. The van der Waals surface area contributed by atoms with Crippen LogP contribution in [0.25, 0.3) is 0 Å². The smallest absolute Gasteiger partial charge is 0.161 e. The Hall–Kier alpha value is -1.50. The van der Waals surface area contributed by atoms with Gasteiger partial charge in [0, 0.05) is 13.2 Å². The molecule has 0 aromatic heterocycles. The van der Waals surface area contributed by atoms with Crippen molar-refractivity contribution in [2.24, 2.45) is 0 Å². The van der Waals surface area contributed by atoms with Gasteiger partial charge in [-0.3, -0.25) is 0 Å². The van der Waals surface area contributed by atoms with Gasteiger partial charge >= 0.3 is 0 Å². The molecule has 10 nitrogen and oxygen atoms in total. The molecule has 1 aromatic carbocycles. The Kier molecular flexibility index (Phi) is 29.7. The molecule has 42 heavy (non-hydrogen) atoms. The van der Waals surface area contributed by atoms with Gasteiger partial charge in [0.05, 0.1) is 92.5 Å². The normalized spacial score (nSPS) is 11.3. The maximum atomic E-state index is 5.83. The zero-order valence-corrected chi connectivity index (χ0v) is 26.4. The standard InChI is InChI=1S/C32H58O10/c1-3-5-9-13-33-15-17-35-19-21-37-23-25-39-27-29-41-31-11-7-8-12-32(31)42-30-28-40-26-24-38-22-20-36-18-16-34-14-10-6-4-2/h7-8,11-12H,3-6,9-10,13-30H2,1-2H3. The Balaban J connectivity index is 1.88. The van der Waals surface area contributed by atoms with Gasteiger partial charge in [-0.05, 0) is 25.0 Å². The van der Waals surface area contributed by atoms with Gasteiger partial charge in [0.2, 0.25) is 0 Å². The lowest BCUT2D eigenvalue weighted by Gasteiger charge is -2.13. The van der Waals surface area contributed by atoms with E-state index in [0.717, 1.165) is 26.1 Å². The second-order valence-electron chi connectivity index (χ2n) is 9.46. The Morgan fingerprint density at radius 3 is 0.881 bits per heavy atom. The average Bonchev–Trinajstić information content (AvgIpc) is 3.01. The van der Waals surface area contributed by atoms with E-state index in [1.807, 2.05) is 24.3 Å². The lowest BCUT2D eigenvalue weighted by Crippen LogP contribution is -2.15. The van der Waals surface area contributed by atoms with Crippen molar-refractivity contribution >= 4 is 0 Å². The van der Waals surface area contributed by atoms with Crippen LogP contribution < -0.4 is 9.47 Å². The zero-order valence-electron chi connectivity index (χ0n) is 26.4. The monoisotopic (exact) mass is 602 g/mol. The van der Waals surface area contributed by atoms with Gasteiger partial charge in [0.15, 0.2) is 11.5 Å². The summed E-state index contributed by atoms with van der Waals surface area (Å²) in [7, 11) is 0. The third-order valence-electron chi connectivity index (χ3n) is 5.84. The van der Waals surface area contributed by atoms with Gasteiger partial charge < -0.3 is 47.4 Å². The molecule has 10 heteroatoms. The molecule has 0 aliphatic carbocycles. The predicted octanol–water partition coefficient (Wildman–Crippen LogP) is 4.96. The minimum Gasteiger partial charge on any atom is -0.487 e. The van der Waals surface area contributed by atoms with E-state index < -0.39 is 0 Å². The van der Waals surface area contributed by atoms with Crippen LogP contribution in [0.1, 0.15) is 52.4 Å². The highest BCUT2D eigenvalue weighted by Gasteiger charge is 2.04. The quantitative estimate of drug-likeness (QED) is 0.101. The highest BCUT2D eigenvalue weighted by Crippen LogP contribution is 2.26. The van der Waals surface area contributed by atoms with Crippen molar-refractivity contribution in [2.45, 2.75) is 52.4 Å². The van der Waals surface area contributed by atoms with Crippen molar-refractivity contribution < 1.29 is 47.4 Å². The summed E-state index contributed by atoms with van der Waals surface area (Å²) >= 11 is 0. The first-order chi connectivity index (χ1) is 20.9. The fourth-order valence-electron chi connectivity index (χ4n) is 3.54. The second kappa shape index (κ2) is 32.4. The molecule has 1 aromatic rings. The second-order valence-corrected chi connectivity index (χ2v) is 9.46. The van der Waals surface area contributed by atoms with E-state index in [0.29, 0.717) is 117 Å². The van der Waals surface area contributed by atoms with E-state index in [9.17, 15) is 0 Å². The summed E-state index contributed by atoms with van der Waals surface area (Å²) in [6.07, 6.45) is 7.08. The number of hydrogen-bond acceptors (Lipinski definition) is 10. The SMILES string of the molecule is CCCCCOCCOCCOCCOCCOc1ccccc1OCCOCCOCCOCCOCCCCC. The van der Waals surface area contributed by atoms with Crippen molar-refractivity contribution in [1.29, 1.82) is 0 Å². The van der Waals surface area contributed by atoms with E-state index in [1.54, 1.807) is 0 Å². The minimum atomic E-state index is 0.422. The van der Waals surface area contributed by atoms with E-state index in [-0.39, 0.29) is 0 Å².